The molecule has 0 saturated heterocycles. The Hall–Kier alpha value is -2.90. The average molecular weight is 437 g/mol. The number of hydrogen-bond donors (Lipinski definition) is 0. The number of benzene rings is 1. The summed E-state index contributed by atoms with van der Waals surface area (Å²) in [5.41, 5.74) is 1.86. The van der Waals surface area contributed by atoms with Crippen LogP contribution < -0.4 is 4.74 Å². The van der Waals surface area contributed by atoms with Crippen molar-refractivity contribution in [3.8, 4) is 5.06 Å². The molecule has 2 aromatic heterocycles. The number of carbonyl (C=O) groups excluding carboxylic acids is 2. The molecule has 2 aliphatic rings. The predicted molar refractivity (Wildman–Crippen MR) is 115 cm³/mol. The summed E-state index contributed by atoms with van der Waals surface area (Å²) in [5.74, 6) is -0.656. The quantitative estimate of drug-likeness (QED) is 0.530. The number of carbonyl (C=O) groups is 2. The smallest absolute Gasteiger partial charge is 0.345 e. The molecular weight excluding hydrogens is 415 g/mol. The number of pyridine rings is 1. The second kappa shape index (κ2) is 8.32. The van der Waals surface area contributed by atoms with Crippen molar-refractivity contribution in [2.45, 2.75) is 31.8 Å². The first-order valence-electron chi connectivity index (χ1n) is 10.4. The third-order valence-electron chi connectivity index (χ3n) is 5.78. The highest BCUT2D eigenvalue weighted by atomic mass is 32.1. The number of thiophene rings is 1. The summed E-state index contributed by atoms with van der Waals surface area (Å²) in [6, 6.07) is 11.2. The summed E-state index contributed by atoms with van der Waals surface area (Å²) in [6.45, 7) is 1.18. The van der Waals surface area contributed by atoms with Crippen LogP contribution in [0, 0.1) is 11.7 Å². The molecule has 1 aliphatic carbocycles. The van der Waals surface area contributed by atoms with Crippen molar-refractivity contribution < 1.29 is 18.7 Å². The number of halogens is 1. The van der Waals surface area contributed by atoms with Crippen molar-refractivity contribution in [1.82, 2.24) is 9.88 Å². The lowest BCUT2D eigenvalue weighted by molar-refractivity contribution is -0.126. The first-order chi connectivity index (χ1) is 15.1. The molecule has 5 rings (SSSR count). The Labute approximate surface area is 183 Å². The Kier molecular flexibility index (Phi) is 5.38. The van der Waals surface area contributed by atoms with E-state index in [2.05, 4.69) is 9.88 Å². The highest BCUT2D eigenvalue weighted by molar-refractivity contribution is 7.14. The molecule has 0 bridgehead atoms. The zero-order valence-corrected chi connectivity index (χ0v) is 17.6. The fourth-order valence-corrected chi connectivity index (χ4v) is 5.06. The second-order valence-corrected chi connectivity index (χ2v) is 9.07. The van der Waals surface area contributed by atoms with Crippen molar-refractivity contribution in [2.24, 2.45) is 5.92 Å². The van der Waals surface area contributed by atoms with Gasteiger partial charge in [-0.15, -0.1) is 11.3 Å². The van der Waals surface area contributed by atoms with Gasteiger partial charge < -0.3 is 4.74 Å². The number of fused-ring (bicyclic) bond motifs is 1. The fourth-order valence-electron chi connectivity index (χ4n) is 4.05. The summed E-state index contributed by atoms with van der Waals surface area (Å²) in [7, 11) is 0. The molecule has 1 fully saturated rings. The summed E-state index contributed by atoms with van der Waals surface area (Å²) in [6.07, 6.45) is 5.57. The van der Waals surface area contributed by atoms with E-state index in [1.165, 1.54) is 23.6 Å². The van der Waals surface area contributed by atoms with Gasteiger partial charge in [0.2, 0.25) is 0 Å². The van der Waals surface area contributed by atoms with Gasteiger partial charge in [0.25, 0.3) is 0 Å². The first kappa shape index (κ1) is 20.0. The van der Waals surface area contributed by atoms with Crippen LogP contribution in [0.2, 0.25) is 0 Å². The number of nitrogens with zero attached hydrogens (tertiary/aromatic N) is 2. The van der Waals surface area contributed by atoms with Crippen LogP contribution >= 0.6 is 11.3 Å². The SMILES string of the molecule is O=C(Oc1cc2c(s1)CCN([C@H](C(=O)C1CC1)c1ccccc1F)C2)c1cccnc1. The predicted octanol–water partition coefficient (Wildman–Crippen LogP) is 4.58. The molecule has 7 heteroatoms. The Morgan fingerprint density at radius 3 is 2.77 bits per heavy atom. The van der Waals surface area contributed by atoms with E-state index in [9.17, 15) is 14.0 Å². The van der Waals surface area contributed by atoms with Gasteiger partial charge in [-0.2, -0.15) is 0 Å². The van der Waals surface area contributed by atoms with Gasteiger partial charge in [0.15, 0.2) is 10.8 Å². The minimum Gasteiger partial charge on any atom is -0.412 e. The number of aromatic nitrogens is 1. The second-order valence-electron chi connectivity index (χ2n) is 7.97. The minimum atomic E-state index is -0.580. The molecule has 1 saturated carbocycles. The lowest BCUT2D eigenvalue weighted by Gasteiger charge is -2.34. The third-order valence-corrected chi connectivity index (χ3v) is 6.89. The van der Waals surface area contributed by atoms with Crippen molar-refractivity contribution in [3.63, 3.8) is 0 Å². The number of ketones is 1. The molecule has 158 valence electrons. The molecule has 1 atom stereocenters. The molecule has 1 aromatic carbocycles. The number of hydrogen-bond acceptors (Lipinski definition) is 6. The summed E-state index contributed by atoms with van der Waals surface area (Å²) < 4.78 is 20.1. The van der Waals surface area contributed by atoms with E-state index in [-0.39, 0.29) is 17.5 Å². The lowest BCUT2D eigenvalue weighted by Crippen LogP contribution is -2.38. The molecule has 0 N–H and O–H groups in total. The van der Waals surface area contributed by atoms with Gasteiger partial charge in [0, 0.05) is 41.8 Å². The van der Waals surface area contributed by atoms with Crippen molar-refractivity contribution >= 4 is 23.1 Å². The van der Waals surface area contributed by atoms with Gasteiger partial charge in [-0.05, 0) is 49.1 Å². The van der Waals surface area contributed by atoms with Gasteiger partial charge in [0.1, 0.15) is 5.82 Å². The molecule has 3 aromatic rings. The molecule has 0 unspecified atom stereocenters. The highest BCUT2D eigenvalue weighted by Crippen LogP contribution is 2.41. The van der Waals surface area contributed by atoms with Crippen molar-refractivity contribution in [2.75, 3.05) is 6.54 Å². The average Bonchev–Trinajstić information content (AvgIpc) is 3.56. The maximum Gasteiger partial charge on any atom is 0.345 e. The monoisotopic (exact) mass is 436 g/mol. The van der Waals surface area contributed by atoms with Crippen LogP contribution in [0.1, 0.15) is 45.2 Å². The van der Waals surface area contributed by atoms with Gasteiger partial charge in [-0.25, -0.2) is 9.18 Å². The molecule has 0 spiro atoms. The van der Waals surface area contributed by atoms with E-state index in [1.807, 2.05) is 6.07 Å². The lowest BCUT2D eigenvalue weighted by atomic mass is 9.95. The summed E-state index contributed by atoms with van der Waals surface area (Å²) in [4.78, 5) is 32.6. The highest BCUT2D eigenvalue weighted by Gasteiger charge is 2.40. The maximum absolute atomic E-state index is 14.6. The van der Waals surface area contributed by atoms with Gasteiger partial charge in [0.05, 0.1) is 11.6 Å². The van der Waals surface area contributed by atoms with Crippen LogP contribution in [0.15, 0.2) is 54.9 Å². The molecule has 3 heterocycles. The Morgan fingerprint density at radius 1 is 1.19 bits per heavy atom. The summed E-state index contributed by atoms with van der Waals surface area (Å²) >= 11 is 1.45. The maximum atomic E-state index is 14.6. The van der Waals surface area contributed by atoms with Gasteiger partial charge in [-0.1, -0.05) is 18.2 Å². The zero-order valence-electron chi connectivity index (χ0n) is 16.8. The first-order valence-corrected chi connectivity index (χ1v) is 11.2. The van der Waals surface area contributed by atoms with E-state index < -0.39 is 12.0 Å². The van der Waals surface area contributed by atoms with Crippen LogP contribution in [0.5, 0.6) is 5.06 Å². The van der Waals surface area contributed by atoms with E-state index in [1.54, 1.807) is 36.5 Å². The van der Waals surface area contributed by atoms with E-state index in [4.69, 9.17) is 4.74 Å². The molecule has 0 amide bonds. The van der Waals surface area contributed by atoms with Crippen LogP contribution in [0.3, 0.4) is 0 Å². The van der Waals surface area contributed by atoms with E-state index >= 15 is 0 Å². The number of esters is 1. The van der Waals surface area contributed by atoms with Crippen molar-refractivity contribution in [1.29, 1.82) is 0 Å². The van der Waals surface area contributed by atoms with E-state index in [0.717, 1.165) is 29.7 Å². The number of ether oxygens (including phenoxy) is 1. The summed E-state index contributed by atoms with van der Waals surface area (Å²) in [5, 5.41) is 0.525. The molecule has 5 nitrogen and oxygen atoms in total. The molecular formula is C24H21FN2O3S. The molecule has 1 aliphatic heterocycles. The molecule has 0 radical (unpaired) electrons. The topological polar surface area (TPSA) is 59.5 Å². The zero-order chi connectivity index (χ0) is 21.4. The Balaban J connectivity index is 1.37. The fraction of sp³-hybridized carbons (Fsp3) is 0.292. The van der Waals surface area contributed by atoms with Crippen LogP contribution in [0.25, 0.3) is 0 Å². The van der Waals surface area contributed by atoms with Crippen molar-refractivity contribution in [3.05, 3.63) is 82.2 Å². The molecule has 31 heavy (non-hydrogen) atoms. The largest absolute Gasteiger partial charge is 0.412 e. The standard InChI is InChI=1S/C24H21FN2O3S/c25-19-6-2-1-5-18(19)22(23(28)15-7-8-15)27-11-9-20-17(14-27)12-21(31-20)30-24(29)16-4-3-10-26-13-16/h1-6,10,12-13,15,22H,7-9,11,14H2/t22-/m0/s1. The van der Waals surface area contributed by atoms with Crippen LogP contribution in [-0.4, -0.2) is 28.2 Å². The van der Waals surface area contributed by atoms with Gasteiger partial charge >= 0.3 is 5.97 Å². The van der Waals surface area contributed by atoms with Crippen LogP contribution in [-0.2, 0) is 17.8 Å². The number of Topliss-reactive ketones (excluding diaryl/α,β-unsaturated/α-hetero) is 1. The number of rotatable bonds is 6. The van der Waals surface area contributed by atoms with E-state index in [0.29, 0.717) is 29.3 Å². The normalized spacial score (nSPS) is 17.1. The van der Waals surface area contributed by atoms with Crippen LogP contribution in [0.4, 0.5) is 4.39 Å². The van der Waals surface area contributed by atoms with Gasteiger partial charge in [-0.3, -0.25) is 14.7 Å². The Morgan fingerprint density at radius 2 is 2.03 bits per heavy atom. The third kappa shape index (κ3) is 4.16. The Bertz CT molecular complexity index is 1130. The minimum absolute atomic E-state index is 0.0319.